The van der Waals surface area contributed by atoms with Crippen LogP contribution in [-0.2, 0) is 4.74 Å². The Bertz CT molecular complexity index is 307. The Kier molecular flexibility index (Phi) is 5.96. The monoisotopic (exact) mass is 226 g/mol. The lowest BCUT2D eigenvalue weighted by atomic mass is 10.1. The van der Waals surface area contributed by atoms with Crippen LogP contribution in [0.3, 0.4) is 0 Å². The predicted molar refractivity (Wildman–Crippen MR) is 61.7 cm³/mol. The SMILES string of the molecule is CCCOCCC(NC)c1ccncc1F. The molecule has 0 aliphatic heterocycles. The first-order valence-corrected chi connectivity index (χ1v) is 5.64. The molecule has 0 saturated carbocycles. The van der Waals surface area contributed by atoms with Crippen molar-refractivity contribution in [2.75, 3.05) is 20.3 Å². The van der Waals surface area contributed by atoms with Crippen LogP contribution in [0.5, 0.6) is 0 Å². The molecule has 16 heavy (non-hydrogen) atoms. The fourth-order valence-corrected chi connectivity index (χ4v) is 1.57. The molecule has 1 aromatic heterocycles. The Morgan fingerprint density at radius 1 is 1.50 bits per heavy atom. The van der Waals surface area contributed by atoms with Crippen molar-refractivity contribution in [3.8, 4) is 0 Å². The highest BCUT2D eigenvalue weighted by molar-refractivity contribution is 5.17. The van der Waals surface area contributed by atoms with Gasteiger partial charge < -0.3 is 10.1 Å². The summed E-state index contributed by atoms with van der Waals surface area (Å²) in [5, 5.41) is 3.09. The van der Waals surface area contributed by atoms with E-state index < -0.39 is 0 Å². The van der Waals surface area contributed by atoms with Gasteiger partial charge in [0, 0.05) is 31.0 Å². The number of aromatic nitrogens is 1. The molecule has 0 spiro atoms. The normalized spacial score (nSPS) is 12.7. The van der Waals surface area contributed by atoms with Gasteiger partial charge in [0.05, 0.1) is 6.20 Å². The van der Waals surface area contributed by atoms with Gasteiger partial charge in [-0.3, -0.25) is 4.98 Å². The second-order valence-corrected chi connectivity index (χ2v) is 3.64. The fourth-order valence-electron chi connectivity index (χ4n) is 1.57. The van der Waals surface area contributed by atoms with Crippen LogP contribution in [0.4, 0.5) is 4.39 Å². The molecule has 90 valence electrons. The second kappa shape index (κ2) is 7.30. The number of rotatable bonds is 7. The average molecular weight is 226 g/mol. The molecule has 0 amide bonds. The summed E-state index contributed by atoms with van der Waals surface area (Å²) in [6.07, 6.45) is 4.62. The Labute approximate surface area is 96.0 Å². The van der Waals surface area contributed by atoms with Crippen LogP contribution in [0.1, 0.15) is 31.4 Å². The minimum Gasteiger partial charge on any atom is -0.381 e. The third-order valence-electron chi connectivity index (χ3n) is 2.43. The quantitative estimate of drug-likeness (QED) is 0.724. The van der Waals surface area contributed by atoms with Gasteiger partial charge in [0.15, 0.2) is 0 Å². The van der Waals surface area contributed by atoms with Gasteiger partial charge in [-0.15, -0.1) is 0 Å². The number of pyridine rings is 1. The van der Waals surface area contributed by atoms with Gasteiger partial charge in [-0.1, -0.05) is 6.92 Å². The third kappa shape index (κ3) is 3.87. The number of halogens is 1. The first-order valence-electron chi connectivity index (χ1n) is 5.64. The van der Waals surface area contributed by atoms with Gasteiger partial charge in [-0.05, 0) is 26.0 Å². The Morgan fingerprint density at radius 2 is 2.31 bits per heavy atom. The molecule has 1 rings (SSSR count). The summed E-state index contributed by atoms with van der Waals surface area (Å²) in [7, 11) is 1.82. The predicted octanol–water partition coefficient (Wildman–Crippen LogP) is 2.30. The van der Waals surface area contributed by atoms with Crippen LogP contribution >= 0.6 is 0 Å². The Morgan fingerprint density at radius 3 is 2.94 bits per heavy atom. The van der Waals surface area contributed by atoms with Crippen LogP contribution in [0.15, 0.2) is 18.5 Å². The molecule has 0 radical (unpaired) electrons. The molecule has 0 bridgehead atoms. The highest BCUT2D eigenvalue weighted by Crippen LogP contribution is 2.18. The van der Waals surface area contributed by atoms with E-state index >= 15 is 0 Å². The minimum atomic E-state index is -0.266. The average Bonchev–Trinajstić information content (AvgIpc) is 2.31. The molecule has 4 heteroatoms. The van der Waals surface area contributed by atoms with Gasteiger partial charge in [-0.25, -0.2) is 4.39 Å². The number of hydrogen-bond acceptors (Lipinski definition) is 3. The molecule has 1 heterocycles. The first-order chi connectivity index (χ1) is 7.79. The summed E-state index contributed by atoms with van der Waals surface area (Å²) >= 11 is 0. The molecule has 0 aromatic carbocycles. The van der Waals surface area contributed by atoms with E-state index in [1.165, 1.54) is 6.20 Å². The molecular weight excluding hydrogens is 207 g/mol. The van der Waals surface area contributed by atoms with Crippen molar-refractivity contribution in [3.63, 3.8) is 0 Å². The van der Waals surface area contributed by atoms with Gasteiger partial charge in [0.2, 0.25) is 0 Å². The van der Waals surface area contributed by atoms with Crippen LogP contribution in [0.25, 0.3) is 0 Å². The van der Waals surface area contributed by atoms with Crippen molar-refractivity contribution in [1.29, 1.82) is 0 Å². The number of nitrogens with one attached hydrogen (secondary N) is 1. The van der Waals surface area contributed by atoms with Gasteiger partial charge in [0.1, 0.15) is 5.82 Å². The second-order valence-electron chi connectivity index (χ2n) is 3.64. The molecule has 1 unspecified atom stereocenters. The van der Waals surface area contributed by atoms with Crippen LogP contribution in [0, 0.1) is 5.82 Å². The minimum absolute atomic E-state index is 0.0140. The maximum atomic E-state index is 13.5. The molecule has 3 nitrogen and oxygen atoms in total. The van der Waals surface area contributed by atoms with E-state index in [1.54, 1.807) is 12.3 Å². The highest BCUT2D eigenvalue weighted by atomic mass is 19.1. The third-order valence-corrected chi connectivity index (χ3v) is 2.43. The smallest absolute Gasteiger partial charge is 0.146 e. The van der Waals surface area contributed by atoms with E-state index in [0.717, 1.165) is 19.4 Å². The molecule has 0 fully saturated rings. The molecular formula is C12H19FN2O. The zero-order valence-electron chi connectivity index (χ0n) is 9.87. The lowest BCUT2D eigenvalue weighted by Gasteiger charge is -2.16. The number of hydrogen-bond donors (Lipinski definition) is 1. The van der Waals surface area contributed by atoms with E-state index in [9.17, 15) is 4.39 Å². The van der Waals surface area contributed by atoms with Crippen LogP contribution in [0.2, 0.25) is 0 Å². The summed E-state index contributed by atoms with van der Waals surface area (Å²) in [4.78, 5) is 3.74. The van der Waals surface area contributed by atoms with Crippen molar-refractivity contribution in [3.05, 3.63) is 29.8 Å². The first kappa shape index (κ1) is 13.1. The van der Waals surface area contributed by atoms with E-state index in [-0.39, 0.29) is 11.9 Å². The molecule has 1 aromatic rings. The zero-order chi connectivity index (χ0) is 11.8. The van der Waals surface area contributed by atoms with Crippen LogP contribution in [-0.4, -0.2) is 25.2 Å². The van der Waals surface area contributed by atoms with Crippen LogP contribution < -0.4 is 5.32 Å². The summed E-state index contributed by atoms with van der Waals surface area (Å²) in [5.41, 5.74) is 0.651. The largest absolute Gasteiger partial charge is 0.381 e. The fraction of sp³-hybridized carbons (Fsp3) is 0.583. The Balaban J connectivity index is 2.51. The van der Waals surface area contributed by atoms with Crippen molar-refractivity contribution < 1.29 is 9.13 Å². The van der Waals surface area contributed by atoms with E-state index in [4.69, 9.17) is 4.74 Å². The molecule has 1 N–H and O–H groups in total. The highest BCUT2D eigenvalue weighted by Gasteiger charge is 2.13. The van der Waals surface area contributed by atoms with E-state index in [1.807, 2.05) is 7.05 Å². The summed E-state index contributed by atoms with van der Waals surface area (Å²) in [6.45, 7) is 3.47. The molecule has 0 aliphatic carbocycles. The lowest BCUT2D eigenvalue weighted by Crippen LogP contribution is -2.19. The standard InChI is InChI=1S/C12H19FN2O/c1-3-7-16-8-5-12(14-2)10-4-6-15-9-11(10)13/h4,6,9,12,14H,3,5,7-8H2,1-2H3. The summed E-state index contributed by atoms with van der Waals surface area (Å²) < 4.78 is 18.9. The zero-order valence-corrected chi connectivity index (χ0v) is 9.87. The lowest BCUT2D eigenvalue weighted by molar-refractivity contribution is 0.125. The van der Waals surface area contributed by atoms with E-state index in [2.05, 4.69) is 17.2 Å². The van der Waals surface area contributed by atoms with Crippen molar-refractivity contribution in [2.24, 2.45) is 0 Å². The molecule has 0 saturated heterocycles. The summed E-state index contributed by atoms with van der Waals surface area (Å²) in [5.74, 6) is -0.266. The van der Waals surface area contributed by atoms with Gasteiger partial charge >= 0.3 is 0 Å². The van der Waals surface area contributed by atoms with Gasteiger partial charge in [0.25, 0.3) is 0 Å². The number of ether oxygens (including phenoxy) is 1. The van der Waals surface area contributed by atoms with Crippen molar-refractivity contribution in [1.82, 2.24) is 10.3 Å². The topological polar surface area (TPSA) is 34.1 Å². The van der Waals surface area contributed by atoms with Crippen molar-refractivity contribution in [2.45, 2.75) is 25.8 Å². The van der Waals surface area contributed by atoms with Crippen molar-refractivity contribution >= 4 is 0 Å². The maximum absolute atomic E-state index is 13.5. The molecule has 0 aliphatic rings. The Hall–Kier alpha value is -1.00. The number of nitrogens with zero attached hydrogens (tertiary/aromatic N) is 1. The maximum Gasteiger partial charge on any atom is 0.146 e. The van der Waals surface area contributed by atoms with E-state index in [0.29, 0.717) is 12.2 Å². The van der Waals surface area contributed by atoms with Gasteiger partial charge in [-0.2, -0.15) is 0 Å². The summed E-state index contributed by atoms with van der Waals surface area (Å²) in [6, 6.07) is 1.69. The molecule has 1 atom stereocenters.